The summed E-state index contributed by atoms with van der Waals surface area (Å²) < 4.78 is 0. The van der Waals surface area contributed by atoms with Gasteiger partial charge >= 0.3 is 0 Å². The Kier molecular flexibility index (Phi) is 3.33. The highest BCUT2D eigenvalue weighted by atomic mass is 16.3. The summed E-state index contributed by atoms with van der Waals surface area (Å²) in [5.41, 5.74) is 6.91. The van der Waals surface area contributed by atoms with E-state index in [9.17, 15) is 9.90 Å². The van der Waals surface area contributed by atoms with E-state index in [-0.39, 0.29) is 5.75 Å². The van der Waals surface area contributed by atoms with E-state index >= 15 is 0 Å². The van der Waals surface area contributed by atoms with Gasteiger partial charge in [-0.3, -0.25) is 9.78 Å². The third-order valence-electron chi connectivity index (χ3n) is 2.36. The van der Waals surface area contributed by atoms with Crippen molar-refractivity contribution in [2.24, 2.45) is 10.7 Å². The molecule has 0 saturated carbocycles. The SMILES string of the molecule is NC=NC(=O)c1cncc(-c2cccc(O)c2)c1. The van der Waals surface area contributed by atoms with E-state index in [0.717, 1.165) is 17.5 Å². The second-order valence-corrected chi connectivity index (χ2v) is 3.60. The molecule has 0 aliphatic carbocycles. The van der Waals surface area contributed by atoms with Crippen molar-refractivity contribution >= 4 is 12.2 Å². The summed E-state index contributed by atoms with van der Waals surface area (Å²) in [5, 5.41) is 9.41. The Hall–Kier alpha value is -2.69. The molecule has 1 aromatic carbocycles. The number of phenols is 1. The van der Waals surface area contributed by atoms with Gasteiger partial charge in [-0.05, 0) is 23.8 Å². The number of carbonyl (C=O) groups is 1. The first kappa shape index (κ1) is 11.8. The zero-order chi connectivity index (χ0) is 13.0. The molecule has 5 nitrogen and oxygen atoms in total. The highest BCUT2D eigenvalue weighted by Crippen LogP contribution is 2.23. The van der Waals surface area contributed by atoms with E-state index in [2.05, 4.69) is 9.98 Å². The molecular formula is C13H11N3O2. The molecule has 18 heavy (non-hydrogen) atoms. The van der Waals surface area contributed by atoms with Crippen LogP contribution in [0, 0.1) is 0 Å². The maximum atomic E-state index is 11.5. The van der Waals surface area contributed by atoms with Crippen molar-refractivity contribution in [1.29, 1.82) is 0 Å². The van der Waals surface area contributed by atoms with Crippen LogP contribution < -0.4 is 5.73 Å². The molecule has 5 heteroatoms. The molecule has 0 unspecified atom stereocenters. The summed E-state index contributed by atoms with van der Waals surface area (Å²) in [4.78, 5) is 19.0. The van der Waals surface area contributed by atoms with E-state index in [0.29, 0.717) is 5.56 Å². The van der Waals surface area contributed by atoms with Crippen molar-refractivity contribution in [3.05, 3.63) is 48.3 Å². The number of carbonyl (C=O) groups excluding carboxylic acids is 1. The Labute approximate surface area is 104 Å². The molecule has 0 atom stereocenters. The number of aromatic nitrogens is 1. The predicted molar refractivity (Wildman–Crippen MR) is 68.3 cm³/mol. The van der Waals surface area contributed by atoms with Crippen LogP contribution in [-0.4, -0.2) is 22.3 Å². The van der Waals surface area contributed by atoms with Crippen molar-refractivity contribution in [1.82, 2.24) is 4.98 Å². The van der Waals surface area contributed by atoms with Crippen LogP contribution in [0.15, 0.2) is 47.7 Å². The fourth-order valence-corrected chi connectivity index (χ4v) is 1.54. The number of hydrogen-bond acceptors (Lipinski definition) is 3. The fraction of sp³-hybridized carbons (Fsp3) is 0. The van der Waals surface area contributed by atoms with E-state index in [1.165, 1.54) is 6.20 Å². The topological polar surface area (TPSA) is 88.6 Å². The lowest BCUT2D eigenvalue weighted by atomic mass is 10.1. The third-order valence-corrected chi connectivity index (χ3v) is 2.36. The van der Waals surface area contributed by atoms with Crippen LogP contribution in [0.25, 0.3) is 11.1 Å². The number of amides is 1. The molecule has 0 bridgehead atoms. The van der Waals surface area contributed by atoms with Gasteiger partial charge in [0.25, 0.3) is 5.91 Å². The highest BCUT2D eigenvalue weighted by molar-refractivity contribution is 5.99. The van der Waals surface area contributed by atoms with Gasteiger partial charge in [0.2, 0.25) is 0 Å². The second-order valence-electron chi connectivity index (χ2n) is 3.60. The number of nitrogens with two attached hydrogens (primary N) is 1. The number of aliphatic imine (C=N–C) groups is 1. The van der Waals surface area contributed by atoms with Crippen molar-refractivity contribution in [2.45, 2.75) is 0 Å². The van der Waals surface area contributed by atoms with Crippen molar-refractivity contribution in [3.8, 4) is 16.9 Å². The molecule has 1 aromatic heterocycles. The molecule has 0 aliphatic heterocycles. The molecule has 2 aromatic rings. The summed E-state index contributed by atoms with van der Waals surface area (Å²) in [5.74, 6) is -0.295. The summed E-state index contributed by atoms with van der Waals surface area (Å²) in [6.07, 6.45) is 3.97. The Balaban J connectivity index is 2.41. The lowest BCUT2D eigenvalue weighted by molar-refractivity contribution is 0.100. The van der Waals surface area contributed by atoms with Gasteiger partial charge in [0, 0.05) is 18.0 Å². The minimum Gasteiger partial charge on any atom is -0.508 e. The number of phenolic OH excluding ortho intramolecular Hbond substituents is 1. The van der Waals surface area contributed by atoms with Gasteiger partial charge in [0.1, 0.15) is 5.75 Å². The van der Waals surface area contributed by atoms with E-state index in [1.54, 1.807) is 30.5 Å². The molecule has 0 radical (unpaired) electrons. The van der Waals surface area contributed by atoms with Gasteiger partial charge < -0.3 is 10.8 Å². The highest BCUT2D eigenvalue weighted by Gasteiger charge is 2.06. The summed E-state index contributed by atoms with van der Waals surface area (Å²) in [7, 11) is 0. The van der Waals surface area contributed by atoms with Crippen LogP contribution in [0.5, 0.6) is 5.75 Å². The van der Waals surface area contributed by atoms with E-state index in [4.69, 9.17) is 5.73 Å². The molecule has 0 spiro atoms. The average Bonchev–Trinajstić information content (AvgIpc) is 2.39. The van der Waals surface area contributed by atoms with Crippen LogP contribution in [0.3, 0.4) is 0 Å². The largest absolute Gasteiger partial charge is 0.508 e. The van der Waals surface area contributed by atoms with Crippen molar-refractivity contribution < 1.29 is 9.90 Å². The Morgan fingerprint density at radius 1 is 1.28 bits per heavy atom. The average molecular weight is 241 g/mol. The summed E-state index contributed by atoms with van der Waals surface area (Å²) in [6, 6.07) is 8.35. The zero-order valence-corrected chi connectivity index (χ0v) is 9.45. The first-order valence-corrected chi connectivity index (χ1v) is 5.24. The number of benzene rings is 1. The maximum absolute atomic E-state index is 11.5. The van der Waals surface area contributed by atoms with Gasteiger partial charge in [-0.2, -0.15) is 4.99 Å². The van der Waals surface area contributed by atoms with Gasteiger partial charge in [0.05, 0.1) is 11.9 Å². The number of nitrogens with zero attached hydrogens (tertiary/aromatic N) is 2. The van der Waals surface area contributed by atoms with Crippen LogP contribution in [0.1, 0.15) is 10.4 Å². The predicted octanol–water partition coefficient (Wildman–Crippen LogP) is 1.58. The number of aromatic hydroxyl groups is 1. The lowest BCUT2D eigenvalue weighted by Crippen LogP contribution is -2.00. The molecule has 0 saturated heterocycles. The number of pyridine rings is 1. The van der Waals surface area contributed by atoms with Crippen molar-refractivity contribution in [2.75, 3.05) is 0 Å². The number of hydrogen-bond donors (Lipinski definition) is 2. The van der Waals surface area contributed by atoms with Crippen LogP contribution in [-0.2, 0) is 0 Å². The molecule has 3 N–H and O–H groups in total. The normalized spacial score (nSPS) is 10.7. The molecule has 0 fully saturated rings. The maximum Gasteiger partial charge on any atom is 0.279 e. The van der Waals surface area contributed by atoms with Gasteiger partial charge in [-0.25, -0.2) is 0 Å². The monoisotopic (exact) mass is 241 g/mol. The van der Waals surface area contributed by atoms with E-state index < -0.39 is 5.91 Å². The first-order valence-electron chi connectivity index (χ1n) is 5.24. The fourth-order valence-electron chi connectivity index (χ4n) is 1.54. The second kappa shape index (κ2) is 5.09. The zero-order valence-electron chi connectivity index (χ0n) is 9.45. The van der Waals surface area contributed by atoms with Crippen LogP contribution in [0.4, 0.5) is 0 Å². The summed E-state index contributed by atoms with van der Waals surface area (Å²) in [6.45, 7) is 0. The third kappa shape index (κ3) is 2.52. The molecule has 90 valence electrons. The number of rotatable bonds is 2. The minimum absolute atomic E-state index is 0.157. The molecule has 1 amide bonds. The van der Waals surface area contributed by atoms with E-state index in [1.807, 2.05) is 6.07 Å². The smallest absolute Gasteiger partial charge is 0.279 e. The lowest BCUT2D eigenvalue weighted by Gasteiger charge is -2.03. The van der Waals surface area contributed by atoms with Gasteiger partial charge in [0.15, 0.2) is 0 Å². The molecule has 2 rings (SSSR count). The summed E-state index contributed by atoms with van der Waals surface area (Å²) >= 11 is 0. The van der Waals surface area contributed by atoms with Gasteiger partial charge in [-0.15, -0.1) is 0 Å². The molecule has 1 heterocycles. The first-order chi connectivity index (χ1) is 8.70. The van der Waals surface area contributed by atoms with Gasteiger partial charge in [-0.1, -0.05) is 12.1 Å². The van der Waals surface area contributed by atoms with Crippen LogP contribution >= 0.6 is 0 Å². The minimum atomic E-state index is -0.452. The Morgan fingerprint density at radius 2 is 2.11 bits per heavy atom. The quantitative estimate of drug-likeness (QED) is 0.617. The van der Waals surface area contributed by atoms with Crippen LogP contribution in [0.2, 0.25) is 0 Å². The molecular weight excluding hydrogens is 230 g/mol. The molecule has 0 aliphatic rings. The van der Waals surface area contributed by atoms with Crippen molar-refractivity contribution in [3.63, 3.8) is 0 Å². The Morgan fingerprint density at radius 3 is 2.83 bits per heavy atom. The Bertz CT molecular complexity index is 609. The standard InChI is InChI=1S/C13H11N3O2/c14-8-16-13(18)11-4-10(6-15-7-11)9-2-1-3-12(17)5-9/h1-8,17H,(H2,14,16,18).